The molecule has 1 saturated carbocycles. The van der Waals surface area contributed by atoms with Crippen LogP contribution >= 0.6 is 0 Å². The lowest BCUT2D eigenvalue weighted by molar-refractivity contribution is 0.194. The van der Waals surface area contributed by atoms with Crippen molar-refractivity contribution in [1.82, 2.24) is 4.90 Å². The Bertz CT molecular complexity index is 302. The van der Waals surface area contributed by atoms with Crippen LogP contribution in [0.5, 0.6) is 0 Å². The number of fused-ring (bicyclic) bond motifs is 1. The highest BCUT2D eigenvalue weighted by molar-refractivity contribution is 5.39. The van der Waals surface area contributed by atoms with E-state index in [-0.39, 0.29) is 0 Å². The molecular formula is C13H21NO. The first kappa shape index (κ1) is 10.6. The topological polar surface area (TPSA) is 12.5 Å². The van der Waals surface area contributed by atoms with Gasteiger partial charge < -0.3 is 9.64 Å². The van der Waals surface area contributed by atoms with Gasteiger partial charge in [0.2, 0.25) is 0 Å². The normalized spacial score (nSPS) is 25.0. The molecule has 0 bridgehead atoms. The van der Waals surface area contributed by atoms with Crippen molar-refractivity contribution < 1.29 is 4.74 Å². The van der Waals surface area contributed by atoms with Crippen molar-refractivity contribution in [3.8, 4) is 0 Å². The zero-order valence-electron chi connectivity index (χ0n) is 10.0. The summed E-state index contributed by atoms with van der Waals surface area (Å²) in [6.07, 6.45) is 7.47. The molecule has 0 amide bonds. The number of nitrogens with zero attached hydrogens (tertiary/aromatic N) is 1. The first-order chi connectivity index (χ1) is 7.24. The lowest BCUT2D eigenvalue weighted by atomic mass is 9.85. The third-order valence-electron chi connectivity index (χ3n) is 3.35. The van der Waals surface area contributed by atoms with Crippen LogP contribution in [-0.4, -0.2) is 25.6 Å². The largest absolute Gasteiger partial charge is 0.498 e. The van der Waals surface area contributed by atoms with E-state index in [1.165, 1.54) is 37.1 Å². The Morgan fingerprint density at radius 3 is 2.87 bits per heavy atom. The average Bonchev–Trinajstić information content (AvgIpc) is 2.59. The Labute approximate surface area is 92.6 Å². The van der Waals surface area contributed by atoms with Crippen molar-refractivity contribution >= 4 is 0 Å². The van der Waals surface area contributed by atoms with Gasteiger partial charge >= 0.3 is 0 Å². The zero-order chi connectivity index (χ0) is 10.8. The lowest BCUT2D eigenvalue weighted by Crippen LogP contribution is -2.15. The van der Waals surface area contributed by atoms with Crippen molar-refractivity contribution in [3.05, 3.63) is 23.1 Å². The van der Waals surface area contributed by atoms with E-state index in [9.17, 15) is 0 Å². The van der Waals surface area contributed by atoms with Gasteiger partial charge in [0, 0.05) is 25.7 Å². The molecule has 1 atom stereocenters. The van der Waals surface area contributed by atoms with Crippen LogP contribution in [0.3, 0.4) is 0 Å². The average molecular weight is 207 g/mol. The molecule has 0 aliphatic heterocycles. The van der Waals surface area contributed by atoms with E-state index in [1.807, 2.05) is 0 Å². The summed E-state index contributed by atoms with van der Waals surface area (Å²) in [5, 5.41) is 0. The third-order valence-corrected chi connectivity index (χ3v) is 3.35. The maximum atomic E-state index is 5.75. The molecule has 2 nitrogen and oxygen atoms in total. The number of hydrogen-bond donors (Lipinski definition) is 0. The number of ether oxygens (including phenoxy) is 1. The van der Waals surface area contributed by atoms with Crippen molar-refractivity contribution in [1.29, 1.82) is 0 Å². The Balaban J connectivity index is 2.23. The minimum atomic E-state index is 0.594. The van der Waals surface area contributed by atoms with Gasteiger partial charge in [-0.3, -0.25) is 0 Å². The number of rotatable bonds is 3. The number of allylic oxidation sites excluding steroid dienone is 2. The molecule has 0 radical (unpaired) electrons. The van der Waals surface area contributed by atoms with Crippen LogP contribution in [0.4, 0.5) is 0 Å². The lowest BCUT2D eigenvalue weighted by Gasteiger charge is -2.25. The van der Waals surface area contributed by atoms with Gasteiger partial charge in [0.15, 0.2) is 0 Å². The molecule has 0 saturated heterocycles. The van der Waals surface area contributed by atoms with Gasteiger partial charge in [-0.2, -0.15) is 0 Å². The summed E-state index contributed by atoms with van der Waals surface area (Å²) >= 11 is 0. The van der Waals surface area contributed by atoms with E-state index in [0.717, 1.165) is 6.61 Å². The predicted octanol–water partition coefficient (Wildman–Crippen LogP) is 2.93. The zero-order valence-corrected chi connectivity index (χ0v) is 10.0. The molecular weight excluding hydrogens is 186 g/mol. The maximum Gasteiger partial charge on any atom is 0.105 e. The first-order valence-corrected chi connectivity index (χ1v) is 5.98. The second kappa shape index (κ2) is 4.30. The van der Waals surface area contributed by atoms with E-state index in [1.54, 1.807) is 5.57 Å². The van der Waals surface area contributed by atoms with E-state index in [4.69, 9.17) is 4.74 Å². The highest BCUT2D eigenvalue weighted by Gasteiger charge is 2.31. The smallest absolute Gasteiger partial charge is 0.105 e. The summed E-state index contributed by atoms with van der Waals surface area (Å²) in [6.45, 7) is 2.85. The molecule has 2 heteroatoms. The van der Waals surface area contributed by atoms with Crippen LogP contribution in [0.2, 0.25) is 0 Å². The monoisotopic (exact) mass is 207 g/mol. The Morgan fingerprint density at radius 1 is 1.40 bits per heavy atom. The van der Waals surface area contributed by atoms with Gasteiger partial charge in [-0.15, -0.1) is 0 Å². The molecule has 0 unspecified atom stereocenters. The molecule has 2 aliphatic carbocycles. The molecule has 1 fully saturated rings. The Morgan fingerprint density at radius 2 is 2.20 bits per heavy atom. The fourth-order valence-electron chi connectivity index (χ4n) is 2.69. The molecule has 0 aromatic rings. The quantitative estimate of drug-likeness (QED) is 0.705. The summed E-state index contributed by atoms with van der Waals surface area (Å²) in [6, 6.07) is 0. The van der Waals surface area contributed by atoms with Gasteiger partial charge in [-0.1, -0.05) is 6.42 Å². The van der Waals surface area contributed by atoms with Crippen molar-refractivity contribution in [2.24, 2.45) is 5.92 Å². The van der Waals surface area contributed by atoms with E-state index in [2.05, 4.69) is 32.0 Å². The summed E-state index contributed by atoms with van der Waals surface area (Å²) in [4.78, 5) is 2.22. The SMILES string of the molecule is CCOC1=CC(N(C)C)=C2CCCC[C@H]12. The number of likely N-dealkylation sites (N-methyl/N-ethyl adjacent to an activating group) is 1. The highest BCUT2D eigenvalue weighted by atomic mass is 16.5. The fraction of sp³-hybridized carbons (Fsp3) is 0.692. The molecule has 0 aromatic heterocycles. The van der Waals surface area contributed by atoms with Crippen LogP contribution in [0, 0.1) is 5.92 Å². The van der Waals surface area contributed by atoms with Crippen molar-refractivity contribution in [2.75, 3.05) is 20.7 Å². The van der Waals surface area contributed by atoms with Crippen LogP contribution in [0.15, 0.2) is 23.1 Å². The predicted molar refractivity (Wildman–Crippen MR) is 62.4 cm³/mol. The van der Waals surface area contributed by atoms with E-state index in [0.29, 0.717) is 5.92 Å². The summed E-state index contributed by atoms with van der Waals surface area (Å²) in [5.41, 5.74) is 3.00. The van der Waals surface area contributed by atoms with E-state index < -0.39 is 0 Å². The molecule has 2 rings (SSSR count). The molecule has 0 heterocycles. The van der Waals surface area contributed by atoms with Crippen LogP contribution in [0.25, 0.3) is 0 Å². The number of hydrogen-bond acceptors (Lipinski definition) is 2. The van der Waals surface area contributed by atoms with Gasteiger partial charge in [0.25, 0.3) is 0 Å². The van der Waals surface area contributed by atoms with Gasteiger partial charge in [-0.05, 0) is 37.8 Å². The molecule has 0 aromatic carbocycles. The summed E-state index contributed by atoms with van der Waals surface area (Å²) in [5.74, 6) is 1.80. The summed E-state index contributed by atoms with van der Waals surface area (Å²) in [7, 11) is 4.25. The fourth-order valence-corrected chi connectivity index (χ4v) is 2.69. The molecule has 0 spiro atoms. The van der Waals surface area contributed by atoms with Gasteiger partial charge in [0.1, 0.15) is 5.76 Å². The Kier molecular flexibility index (Phi) is 3.03. The molecule has 0 N–H and O–H groups in total. The minimum absolute atomic E-state index is 0.594. The van der Waals surface area contributed by atoms with Crippen molar-refractivity contribution in [3.63, 3.8) is 0 Å². The maximum absolute atomic E-state index is 5.75. The standard InChI is InChI=1S/C13H21NO/c1-4-15-13-9-12(14(2)3)10-7-5-6-8-11(10)13/h9,11H,4-8H2,1-3H3/t11-/m0/s1. The summed E-state index contributed by atoms with van der Waals surface area (Å²) < 4.78 is 5.75. The second-order valence-electron chi connectivity index (χ2n) is 4.58. The van der Waals surface area contributed by atoms with Crippen molar-refractivity contribution in [2.45, 2.75) is 32.6 Å². The van der Waals surface area contributed by atoms with Crippen LogP contribution in [-0.2, 0) is 4.74 Å². The minimum Gasteiger partial charge on any atom is -0.498 e. The molecule has 15 heavy (non-hydrogen) atoms. The van der Waals surface area contributed by atoms with Crippen LogP contribution in [0.1, 0.15) is 32.6 Å². The van der Waals surface area contributed by atoms with Gasteiger partial charge in [0.05, 0.1) is 6.61 Å². The Hall–Kier alpha value is -0.920. The van der Waals surface area contributed by atoms with Crippen LogP contribution < -0.4 is 0 Å². The first-order valence-electron chi connectivity index (χ1n) is 5.98. The third kappa shape index (κ3) is 1.90. The highest BCUT2D eigenvalue weighted by Crippen LogP contribution is 2.42. The van der Waals surface area contributed by atoms with E-state index >= 15 is 0 Å². The molecule has 84 valence electrons. The van der Waals surface area contributed by atoms with Gasteiger partial charge in [-0.25, -0.2) is 0 Å². The molecule has 2 aliphatic rings. The second-order valence-corrected chi connectivity index (χ2v) is 4.58.